The number of aliphatic carboxylic acids is 1. The van der Waals surface area contributed by atoms with Gasteiger partial charge in [0.2, 0.25) is 0 Å². The van der Waals surface area contributed by atoms with Crippen molar-refractivity contribution in [2.45, 2.75) is 18.8 Å². The SMILES string of the molecule is O=C(O)C(=O)c1cccc(C2CC2)c1. The van der Waals surface area contributed by atoms with E-state index in [2.05, 4.69) is 0 Å². The highest BCUT2D eigenvalue weighted by molar-refractivity contribution is 6.39. The molecular weight excluding hydrogens is 180 g/mol. The fraction of sp³-hybridized carbons (Fsp3) is 0.273. The molecule has 72 valence electrons. The van der Waals surface area contributed by atoms with Crippen LogP contribution in [0.4, 0.5) is 0 Å². The minimum Gasteiger partial charge on any atom is -0.475 e. The van der Waals surface area contributed by atoms with Crippen molar-refractivity contribution < 1.29 is 14.7 Å². The molecule has 1 aromatic rings. The number of ketones is 1. The summed E-state index contributed by atoms with van der Waals surface area (Å²) in [4.78, 5) is 21.6. The smallest absolute Gasteiger partial charge is 0.377 e. The molecule has 0 aromatic heterocycles. The third-order valence-electron chi connectivity index (χ3n) is 2.39. The molecule has 0 heterocycles. The molecule has 2 rings (SSSR count). The first-order valence-corrected chi connectivity index (χ1v) is 4.56. The lowest BCUT2D eigenvalue weighted by molar-refractivity contribution is -0.131. The number of hydrogen-bond donors (Lipinski definition) is 1. The number of carboxylic acid groups (broad SMARTS) is 1. The van der Waals surface area contributed by atoms with Gasteiger partial charge in [-0.25, -0.2) is 4.79 Å². The van der Waals surface area contributed by atoms with Gasteiger partial charge in [0.25, 0.3) is 5.78 Å². The maximum atomic E-state index is 11.1. The van der Waals surface area contributed by atoms with E-state index in [1.807, 2.05) is 6.07 Å². The van der Waals surface area contributed by atoms with Gasteiger partial charge in [-0.1, -0.05) is 18.2 Å². The van der Waals surface area contributed by atoms with Crippen LogP contribution in [-0.2, 0) is 4.79 Å². The van der Waals surface area contributed by atoms with Crippen molar-refractivity contribution in [2.24, 2.45) is 0 Å². The average Bonchev–Trinajstić information content (AvgIpc) is 3.00. The normalized spacial score (nSPS) is 15.1. The summed E-state index contributed by atoms with van der Waals surface area (Å²) >= 11 is 0. The summed E-state index contributed by atoms with van der Waals surface area (Å²) in [6.07, 6.45) is 2.29. The Morgan fingerprint density at radius 1 is 1.29 bits per heavy atom. The highest BCUT2D eigenvalue weighted by Gasteiger charge is 2.24. The van der Waals surface area contributed by atoms with Crippen molar-refractivity contribution in [1.29, 1.82) is 0 Å². The molecule has 0 amide bonds. The standard InChI is InChI=1S/C11H10O3/c12-10(11(13)14)9-3-1-2-8(6-9)7-4-5-7/h1-3,6-7H,4-5H2,(H,13,14). The van der Waals surface area contributed by atoms with Crippen molar-refractivity contribution in [3.63, 3.8) is 0 Å². The van der Waals surface area contributed by atoms with Crippen molar-refractivity contribution in [3.05, 3.63) is 35.4 Å². The Balaban J connectivity index is 2.29. The molecular formula is C11H10O3. The van der Waals surface area contributed by atoms with Crippen LogP contribution in [-0.4, -0.2) is 16.9 Å². The second-order valence-corrected chi connectivity index (χ2v) is 3.53. The molecule has 0 bridgehead atoms. The number of Topliss-reactive ketones (excluding diaryl/α,β-unsaturated/α-hetero) is 1. The van der Waals surface area contributed by atoms with Gasteiger partial charge in [0.1, 0.15) is 0 Å². The lowest BCUT2D eigenvalue weighted by Gasteiger charge is -2.00. The zero-order valence-electron chi connectivity index (χ0n) is 7.56. The summed E-state index contributed by atoms with van der Waals surface area (Å²) in [7, 11) is 0. The molecule has 0 unspecified atom stereocenters. The fourth-order valence-corrected chi connectivity index (χ4v) is 1.47. The maximum Gasteiger partial charge on any atom is 0.377 e. The van der Waals surface area contributed by atoms with Crippen LogP contribution in [0.1, 0.15) is 34.7 Å². The van der Waals surface area contributed by atoms with Crippen LogP contribution in [0.15, 0.2) is 24.3 Å². The lowest BCUT2D eigenvalue weighted by atomic mass is 10.0. The number of carbonyl (C=O) groups is 2. The molecule has 3 nitrogen and oxygen atoms in total. The summed E-state index contributed by atoms with van der Waals surface area (Å²) in [5.74, 6) is -1.68. The molecule has 0 radical (unpaired) electrons. The Bertz CT molecular complexity index is 391. The lowest BCUT2D eigenvalue weighted by Crippen LogP contribution is -2.12. The molecule has 0 atom stereocenters. The van der Waals surface area contributed by atoms with Crippen molar-refractivity contribution in [2.75, 3.05) is 0 Å². The van der Waals surface area contributed by atoms with Crippen molar-refractivity contribution in [3.8, 4) is 0 Å². The van der Waals surface area contributed by atoms with E-state index < -0.39 is 11.8 Å². The number of hydrogen-bond acceptors (Lipinski definition) is 2. The van der Waals surface area contributed by atoms with Gasteiger partial charge in [0.15, 0.2) is 0 Å². The van der Waals surface area contributed by atoms with Crippen LogP contribution >= 0.6 is 0 Å². The predicted octanol–water partition coefficient (Wildman–Crippen LogP) is 1.83. The zero-order chi connectivity index (χ0) is 10.1. The maximum absolute atomic E-state index is 11.1. The zero-order valence-corrected chi connectivity index (χ0v) is 7.56. The summed E-state index contributed by atoms with van der Waals surface area (Å²) in [5.41, 5.74) is 1.36. The Kier molecular flexibility index (Phi) is 2.08. The molecule has 1 N–H and O–H groups in total. The highest BCUT2D eigenvalue weighted by Crippen LogP contribution is 2.40. The van der Waals surface area contributed by atoms with Crippen LogP contribution in [0.2, 0.25) is 0 Å². The molecule has 0 aliphatic heterocycles. The number of rotatable bonds is 3. The van der Waals surface area contributed by atoms with E-state index in [1.54, 1.807) is 18.2 Å². The Labute approximate surface area is 81.4 Å². The molecule has 1 aliphatic rings. The van der Waals surface area contributed by atoms with Gasteiger partial charge in [0.05, 0.1) is 0 Å². The molecule has 3 heteroatoms. The van der Waals surface area contributed by atoms with Gasteiger partial charge in [-0.05, 0) is 30.4 Å². The molecule has 0 saturated heterocycles. The fourth-order valence-electron chi connectivity index (χ4n) is 1.47. The van der Waals surface area contributed by atoms with Crippen LogP contribution < -0.4 is 0 Å². The topological polar surface area (TPSA) is 54.4 Å². The molecule has 14 heavy (non-hydrogen) atoms. The molecule has 1 aromatic carbocycles. The monoisotopic (exact) mass is 190 g/mol. The van der Waals surface area contributed by atoms with E-state index in [0.717, 1.165) is 18.4 Å². The van der Waals surface area contributed by atoms with Gasteiger partial charge in [-0.3, -0.25) is 4.79 Å². The number of benzene rings is 1. The quantitative estimate of drug-likeness (QED) is 0.584. The van der Waals surface area contributed by atoms with Gasteiger partial charge >= 0.3 is 5.97 Å². The average molecular weight is 190 g/mol. The Hall–Kier alpha value is -1.64. The molecule has 1 fully saturated rings. The van der Waals surface area contributed by atoms with Gasteiger partial charge < -0.3 is 5.11 Å². The minimum absolute atomic E-state index is 0.280. The van der Waals surface area contributed by atoms with Gasteiger partial charge in [0, 0.05) is 5.56 Å². The first kappa shape index (κ1) is 8.94. The first-order valence-electron chi connectivity index (χ1n) is 4.56. The molecule has 1 aliphatic carbocycles. The summed E-state index contributed by atoms with van der Waals surface area (Å²) in [6.45, 7) is 0. The third kappa shape index (κ3) is 1.66. The van der Waals surface area contributed by atoms with E-state index in [-0.39, 0.29) is 5.56 Å². The van der Waals surface area contributed by atoms with E-state index in [1.165, 1.54) is 0 Å². The van der Waals surface area contributed by atoms with Crippen molar-refractivity contribution >= 4 is 11.8 Å². The summed E-state index contributed by atoms with van der Waals surface area (Å²) in [5, 5.41) is 8.53. The van der Waals surface area contributed by atoms with Gasteiger partial charge in [-0.2, -0.15) is 0 Å². The van der Waals surface area contributed by atoms with Crippen LogP contribution in [0.5, 0.6) is 0 Å². The summed E-state index contributed by atoms with van der Waals surface area (Å²) in [6, 6.07) is 6.91. The molecule has 0 spiro atoms. The van der Waals surface area contributed by atoms with Gasteiger partial charge in [-0.15, -0.1) is 0 Å². The Morgan fingerprint density at radius 3 is 2.57 bits per heavy atom. The third-order valence-corrected chi connectivity index (χ3v) is 2.39. The number of carboxylic acids is 1. The second-order valence-electron chi connectivity index (χ2n) is 3.53. The van der Waals surface area contributed by atoms with E-state index >= 15 is 0 Å². The van der Waals surface area contributed by atoms with Crippen LogP contribution in [0, 0.1) is 0 Å². The highest BCUT2D eigenvalue weighted by atomic mass is 16.4. The van der Waals surface area contributed by atoms with E-state index in [4.69, 9.17) is 5.11 Å². The second kappa shape index (κ2) is 3.25. The first-order chi connectivity index (χ1) is 6.68. The number of carbonyl (C=O) groups excluding carboxylic acids is 1. The van der Waals surface area contributed by atoms with Crippen molar-refractivity contribution in [1.82, 2.24) is 0 Å². The molecule has 1 saturated carbocycles. The van der Waals surface area contributed by atoms with E-state index in [9.17, 15) is 9.59 Å². The van der Waals surface area contributed by atoms with Crippen LogP contribution in [0.25, 0.3) is 0 Å². The minimum atomic E-state index is -1.39. The van der Waals surface area contributed by atoms with E-state index in [0.29, 0.717) is 5.92 Å². The van der Waals surface area contributed by atoms with Crippen LogP contribution in [0.3, 0.4) is 0 Å². The summed E-state index contributed by atoms with van der Waals surface area (Å²) < 4.78 is 0. The largest absolute Gasteiger partial charge is 0.475 e. The Morgan fingerprint density at radius 2 is 2.00 bits per heavy atom. The predicted molar refractivity (Wildman–Crippen MR) is 50.4 cm³/mol.